The van der Waals surface area contributed by atoms with Crippen LogP contribution in [-0.2, 0) is 6.42 Å². The highest BCUT2D eigenvalue weighted by atomic mass is 35.5. The van der Waals surface area contributed by atoms with Crippen molar-refractivity contribution in [3.63, 3.8) is 0 Å². The van der Waals surface area contributed by atoms with Crippen molar-refractivity contribution in [2.45, 2.75) is 19.3 Å². The van der Waals surface area contributed by atoms with Crippen LogP contribution in [0.25, 0.3) is 40.3 Å². The monoisotopic (exact) mass is 737 g/mol. The Labute approximate surface area is 307 Å². The van der Waals surface area contributed by atoms with Crippen LogP contribution in [0, 0.1) is 0 Å². The van der Waals surface area contributed by atoms with Gasteiger partial charge in [0, 0.05) is 72.1 Å². The number of amides is 1. The molecular formula is C40H33Cl2N3O3S2. The fourth-order valence-electron chi connectivity index (χ4n) is 7.25. The molecule has 0 aliphatic carbocycles. The van der Waals surface area contributed by atoms with Crippen molar-refractivity contribution >= 4 is 109 Å². The van der Waals surface area contributed by atoms with Gasteiger partial charge in [0.05, 0.1) is 27.0 Å². The summed E-state index contributed by atoms with van der Waals surface area (Å²) in [6, 6.07) is 29.4. The number of unbranched alkanes of at least 4 members (excludes halogenated alkanes) is 1. The number of benzene rings is 5. The lowest BCUT2D eigenvalue weighted by Crippen LogP contribution is -2.46. The topological polar surface area (TPSA) is 72.9 Å². The Morgan fingerprint density at radius 1 is 0.700 bits per heavy atom. The lowest BCUT2D eigenvalue weighted by molar-refractivity contribution is 0.0698. The standard InChI is InChI=1S/C40H33Cl2N3O3S2/c41-29-11-7-12-30(37(29)42)45-22-20-44(21-23-45)19-6-5-8-24-25(15-17-33-35(24)26-9-1-3-13-31(26)49-33)39(46)43-38-28(40(47)48)16-18-34-36(38)27-10-2-4-14-32(27)50-34/h1-4,7,9-18H,5-6,8,19-23H2,(H,43,46)(H,47,48). The predicted molar refractivity (Wildman–Crippen MR) is 212 cm³/mol. The van der Waals surface area contributed by atoms with Crippen LogP contribution in [0.3, 0.4) is 0 Å². The normalized spacial score (nSPS) is 13.9. The number of hydrogen-bond donors (Lipinski definition) is 2. The maximum Gasteiger partial charge on any atom is 0.337 e. The van der Waals surface area contributed by atoms with Crippen molar-refractivity contribution in [2.75, 3.05) is 42.9 Å². The number of hydrogen-bond acceptors (Lipinski definition) is 6. The summed E-state index contributed by atoms with van der Waals surface area (Å²) < 4.78 is 4.30. The van der Waals surface area contributed by atoms with Crippen LogP contribution < -0.4 is 10.2 Å². The van der Waals surface area contributed by atoms with E-state index in [1.54, 1.807) is 28.7 Å². The molecule has 0 unspecified atom stereocenters. The molecule has 252 valence electrons. The number of carboxylic acid groups (broad SMARTS) is 1. The number of nitrogens with one attached hydrogen (secondary N) is 1. The van der Waals surface area contributed by atoms with Gasteiger partial charge in [-0.25, -0.2) is 4.79 Å². The van der Waals surface area contributed by atoms with Crippen molar-refractivity contribution in [1.82, 2.24) is 4.90 Å². The highest BCUT2D eigenvalue weighted by Crippen LogP contribution is 2.42. The van der Waals surface area contributed by atoms with Gasteiger partial charge in [0.2, 0.25) is 0 Å². The van der Waals surface area contributed by atoms with Gasteiger partial charge in [-0.05, 0) is 79.9 Å². The van der Waals surface area contributed by atoms with E-state index in [-0.39, 0.29) is 11.5 Å². The summed E-state index contributed by atoms with van der Waals surface area (Å²) in [6.45, 7) is 4.62. The second-order valence-corrected chi connectivity index (χ2v) is 15.6. The third-order valence-electron chi connectivity index (χ3n) is 9.70. The van der Waals surface area contributed by atoms with Gasteiger partial charge >= 0.3 is 5.97 Å². The van der Waals surface area contributed by atoms with Crippen LogP contribution in [0.1, 0.15) is 39.1 Å². The van der Waals surface area contributed by atoms with Crippen LogP contribution in [-0.4, -0.2) is 54.6 Å². The van der Waals surface area contributed by atoms with Crippen LogP contribution >= 0.6 is 45.9 Å². The van der Waals surface area contributed by atoms with E-state index in [1.165, 1.54) is 4.70 Å². The highest BCUT2D eigenvalue weighted by Gasteiger charge is 2.24. The average Bonchev–Trinajstić information content (AvgIpc) is 3.70. The molecule has 0 spiro atoms. The Bertz CT molecular complexity index is 2430. The quantitative estimate of drug-likeness (QED) is 0.144. The van der Waals surface area contributed by atoms with E-state index in [0.717, 1.165) is 98.9 Å². The molecule has 8 rings (SSSR count). The van der Waals surface area contributed by atoms with Gasteiger partial charge in [0.15, 0.2) is 0 Å². The summed E-state index contributed by atoms with van der Waals surface area (Å²) in [7, 11) is 0. The van der Waals surface area contributed by atoms with Gasteiger partial charge in [-0.1, -0.05) is 65.7 Å². The molecule has 0 radical (unpaired) electrons. The van der Waals surface area contributed by atoms with E-state index in [2.05, 4.69) is 27.2 Å². The number of carbonyl (C=O) groups is 2. The summed E-state index contributed by atoms with van der Waals surface area (Å²) in [5.41, 5.74) is 3.00. The number of anilines is 2. The van der Waals surface area contributed by atoms with Gasteiger partial charge in [0.25, 0.3) is 5.91 Å². The molecule has 0 saturated carbocycles. The molecule has 1 amide bonds. The first kappa shape index (κ1) is 33.0. The van der Waals surface area contributed by atoms with Gasteiger partial charge in [-0.3, -0.25) is 9.69 Å². The van der Waals surface area contributed by atoms with Crippen molar-refractivity contribution in [3.8, 4) is 0 Å². The van der Waals surface area contributed by atoms with E-state index in [1.807, 2.05) is 72.8 Å². The number of aryl methyl sites for hydroxylation is 1. The first-order valence-corrected chi connectivity index (χ1v) is 19.1. The molecule has 1 saturated heterocycles. The molecule has 2 aromatic heterocycles. The second-order valence-electron chi connectivity index (χ2n) is 12.6. The molecule has 1 aliphatic heterocycles. The van der Waals surface area contributed by atoms with Gasteiger partial charge in [-0.2, -0.15) is 0 Å². The molecule has 50 heavy (non-hydrogen) atoms. The lowest BCUT2D eigenvalue weighted by Gasteiger charge is -2.36. The van der Waals surface area contributed by atoms with Gasteiger partial charge in [0.1, 0.15) is 0 Å². The smallest absolute Gasteiger partial charge is 0.337 e. The van der Waals surface area contributed by atoms with Crippen molar-refractivity contribution < 1.29 is 14.7 Å². The van der Waals surface area contributed by atoms with Gasteiger partial charge in [-0.15, -0.1) is 22.7 Å². The lowest BCUT2D eigenvalue weighted by atomic mass is 9.95. The number of carbonyl (C=O) groups excluding carboxylic acids is 1. The maximum atomic E-state index is 14.4. The third-order valence-corrected chi connectivity index (χ3v) is 12.8. The Morgan fingerprint density at radius 2 is 1.34 bits per heavy atom. The molecule has 5 aromatic carbocycles. The molecule has 2 N–H and O–H groups in total. The number of carboxylic acids is 1. The highest BCUT2D eigenvalue weighted by molar-refractivity contribution is 7.26. The molecule has 10 heteroatoms. The number of halogens is 2. The summed E-state index contributed by atoms with van der Waals surface area (Å²) in [4.78, 5) is 31.6. The average molecular weight is 739 g/mol. The van der Waals surface area contributed by atoms with Gasteiger partial charge < -0.3 is 15.3 Å². The minimum absolute atomic E-state index is 0.0794. The van der Waals surface area contributed by atoms with E-state index in [0.29, 0.717) is 21.3 Å². The molecule has 0 bridgehead atoms. The number of rotatable bonds is 9. The Kier molecular flexibility index (Phi) is 9.14. The number of aromatic carboxylic acids is 1. The Hall–Kier alpha value is -4.18. The minimum Gasteiger partial charge on any atom is -0.478 e. The van der Waals surface area contributed by atoms with Crippen molar-refractivity contribution in [1.29, 1.82) is 0 Å². The summed E-state index contributed by atoms with van der Waals surface area (Å²) in [6.07, 6.45) is 2.63. The SMILES string of the molecule is O=C(Nc1c(C(=O)O)ccc2sc3ccccc3c12)c1ccc2sc3ccccc3c2c1CCCCN1CCN(c2cccc(Cl)c2Cl)CC1. The zero-order valence-electron chi connectivity index (χ0n) is 27.0. The first-order chi connectivity index (χ1) is 24.4. The zero-order valence-corrected chi connectivity index (χ0v) is 30.2. The molecule has 7 aromatic rings. The number of nitrogens with zero attached hydrogens (tertiary/aromatic N) is 2. The fourth-order valence-corrected chi connectivity index (χ4v) is 9.92. The predicted octanol–water partition coefficient (Wildman–Crippen LogP) is 10.8. The summed E-state index contributed by atoms with van der Waals surface area (Å²) >= 11 is 16.1. The van der Waals surface area contributed by atoms with Crippen molar-refractivity contribution in [2.24, 2.45) is 0 Å². The molecule has 0 atom stereocenters. The van der Waals surface area contributed by atoms with E-state index in [4.69, 9.17) is 23.2 Å². The Morgan fingerprint density at radius 3 is 2.04 bits per heavy atom. The van der Waals surface area contributed by atoms with Crippen LogP contribution in [0.5, 0.6) is 0 Å². The van der Waals surface area contributed by atoms with E-state index < -0.39 is 5.97 Å². The summed E-state index contributed by atoms with van der Waals surface area (Å²) in [5, 5.41) is 18.4. The Balaban J connectivity index is 1.06. The summed E-state index contributed by atoms with van der Waals surface area (Å²) in [5.74, 6) is -1.37. The van der Waals surface area contributed by atoms with Crippen LogP contribution in [0.2, 0.25) is 10.0 Å². The third kappa shape index (κ3) is 6.09. The number of thiophene rings is 2. The molecule has 6 nitrogen and oxygen atoms in total. The maximum absolute atomic E-state index is 14.4. The first-order valence-electron chi connectivity index (χ1n) is 16.7. The van der Waals surface area contributed by atoms with Crippen molar-refractivity contribution in [3.05, 3.63) is 118 Å². The van der Waals surface area contributed by atoms with E-state index in [9.17, 15) is 14.7 Å². The molecular weight excluding hydrogens is 705 g/mol. The molecule has 1 aliphatic rings. The van der Waals surface area contributed by atoms with Crippen LogP contribution in [0.15, 0.2) is 91.0 Å². The second kappa shape index (κ2) is 13.9. The largest absolute Gasteiger partial charge is 0.478 e. The zero-order chi connectivity index (χ0) is 34.4. The van der Waals surface area contributed by atoms with Crippen LogP contribution in [0.4, 0.5) is 11.4 Å². The van der Waals surface area contributed by atoms with E-state index >= 15 is 0 Å². The molecule has 3 heterocycles. The molecule has 1 fully saturated rings. The number of fused-ring (bicyclic) bond motifs is 6. The fraction of sp³-hybridized carbons (Fsp3) is 0.200. The number of piperazine rings is 1. The minimum atomic E-state index is -1.08.